The van der Waals surface area contributed by atoms with E-state index in [1.54, 1.807) is 18.2 Å². The van der Waals surface area contributed by atoms with Crippen molar-refractivity contribution in [2.24, 2.45) is 0 Å². The fraction of sp³-hybridized carbons (Fsp3) is 0.0417. The SMILES string of the molecule is O=C(COc1ccc2ccccc2c1)NS(=O)(=O)c1cccc(-c2ccccc2)c1. The Hall–Kier alpha value is -3.64. The Kier molecular flexibility index (Phi) is 5.50. The van der Waals surface area contributed by atoms with Gasteiger partial charge in [0.05, 0.1) is 4.90 Å². The van der Waals surface area contributed by atoms with Crippen molar-refractivity contribution >= 4 is 26.7 Å². The Bertz CT molecular complexity index is 1300. The number of hydrogen-bond donors (Lipinski definition) is 1. The van der Waals surface area contributed by atoms with Gasteiger partial charge in [0.2, 0.25) is 0 Å². The van der Waals surface area contributed by atoms with Crippen LogP contribution in [0.5, 0.6) is 5.75 Å². The van der Waals surface area contributed by atoms with Gasteiger partial charge < -0.3 is 4.74 Å². The first kappa shape index (κ1) is 19.7. The highest BCUT2D eigenvalue weighted by Crippen LogP contribution is 2.23. The largest absolute Gasteiger partial charge is 0.484 e. The maximum atomic E-state index is 12.6. The summed E-state index contributed by atoms with van der Waals surface area (Å²) in [6.45, 7) is -0.407. The lowest BCUT2D eigenvalue weighted by Crippen LogP contribution is -2.34. The predicted molar refractivity (Wildman–Crippen MR) is 117 cm³/mol. The highest BCUT2D eigenvalue weighted by Gasteiger charge is 2.18. The maximum Gasteiger partial charge on any atom is 0.271 e. The third kappa shape index (κ3) is 4.50. The molecule has 0 saturated carbocycles. The number of sulfonamides is 1. The van der Waals surface area contributed by atoms with Crippen LogP contribution >= 0.6 is 0 Å². The van der Waals surface area contributed by atoms with Crippen LogP contribution in [-0.2, 0) is 14.8 Å². The first-order valence-corrected chi connectivity index (χ1v) is 10.8. The van der Waals surface area contributed by atoms with E-state index in [2.05, 4.69) is 4.72 Å². The van der Waals surface area contributed by atoms with Crippen molar-refractivity contribution in [3.63, 3.8) is 0 Å². The summed E-state index contributed by atoms with van der Waals surface area (Å²) >= 11 is 0. The monoisotopic (exact) mass is 417 g/mol. The number of nitrogens with one attached hydrogen (secondary N) is 1. The minimum atomic E-state index is -4.01. The standard InChI is InChI=1S/C24H19NO4S/c26-24(17-29-22-14-13-19-9-4-5-10-20(19)15-22)25-30(27,28)23-12-6-11-21(16-23)18-7-2-1-3-8-18/h1-16H,17H2,(H,25,26). The Morgan fingerprint density at radius 1 is 0.733 bits per heavy atom. The van der Waals surface area contributed by atoms with Gasteiger partial charge in [-0.25, -0.2) is 13.1 Å². The third-order valence-electron chi connectivity index (χ3n) is 4.59. The summed E-state index contributed by atoms with van der Waals surface area (Å²) in [5, 5.41) is 2.02. The number of carbonyl (C=O) groups is 1. The molecule has 1 N–H and O–H groups in total. The maximum absolute atomic E-state index is 12.6. The summed E-state index contributed by atoms with van der Waals surface area (Å²) in [5.74, 6) is -0.249. The fourth-order valence-corrected chi connectivity index (χ4v) is 4.13. The normalized spacial score (nSPS) is 11.2. The Labute approximate surface area is 175 Å². The van der Waals surface area contributed by atoms with Gasteiger partial charge in [-0.15, -0.1) is 0 Å². The van der Waals surface area contributed by atoms with Crippen molar-refractivity contribution in [2.45, 2.75) is 4.90 Å². The number of carbonyl (C=O) groups excluding carboxylic acids is 1. The van der Waals surface area contributed by atoms with Gasteiger partial charge >= 0.3 is 0 Å². The highest BCUT2D eigenvalue weighted by atomic mass is 32.2. The first-order chi connectivity index (χ1) is 14.5. The fourth-order valence-electron chi connectivity index (χ4n) is 3.12. The van der Waals surface area contributed by atoms with Gasteiger partial charge in [-0.1, -0.05) is 72.8 Å². The van der Waals surface area contributed by atoms with Crippen LogP contribution in [0.3, 0.4) is 0 Å². The number of rotatable bonds is 6. The number of hydrogen-bond acceptors (Lipinski definition) is 4. The molecule has 1 amide bonds. The van der Waals surface area contributed by atoms with Crippen molar-refractivity contribution in [3.05, 3.63) is 97.1 Å². The number of ether oxygens (including phenoxy) is 1. The Balaban J connectivity index is 1.44. The van der Waals surface area contributed by atoms with E-state index in [1.165, 1.54) is 12.1 Å². The molecule has 0 bridgehead atoms. The smallest absolute Gasteiger partial charge is 0.271 e. The molecule has 30 heavy (non-hydrogen) atoms. The molecular weight excluding hydrogens is 398 g/mol. The lowest BCUT2D eigenvalue weighted by molar-refractivity contribution is -0.121. The molecule has 4 rings (SSSR count). The van der Waals surface area contributed by atoms with E-state index in [9.17, 15) is 13.2 Å². The molecule has 0 heterocycles. The van der Waals surface area contributed by atoms with Gasteiger partial charge in [-0.05, 0) is 46.2 Å². The van der Waals surface area contributed by atoms with Crippen molar-refractivity contribution in [3.8, 4) is 16.9 Å². The van der Waals surface area contributed by atoms with Gasteiger partial charge in [0.15, 0.2) is 6.61 Å². The quantitative estimate of drug-likeness (QED) is 0.505. The van der Waals surface area contributed by atoms with Crippen LogP contribution in [0.1, 0.15) is 0 Å². The van der Waals surface area contributed by atoms with Crippen LogP contribution in [0.2, 0.25) is 0 Å². The average Bonchev–Trinajstić information content (AvgIpc) is 2.78. The second-order valence-corrected chi connectivity index (χ2v) is 8.40. The summed E-state index contributed by atoms with van der Waals surface area (Å²) in [6.07, 6.45) is 0. The van der Waals surface area contributed by atoms with E-state index in [0.29, 0.717) is 5.75 Å². The van der Waals surface area contributed by atoms with Gasteiger partial charge in [0.25, 0.3) is 15.9 Å². The summed E-state index contributed by atoms with van der Waals surface area (Å²) in [6, 6.07) is 29.1. The lowest BCUT2D eigenvalue weighted by Gasteiger charge is -2.10. The average molecular weight is 417 g/mol. The number of amides is 1. The second kappa shape index (κ2) is 8.39. The molecule has 6 heteroatoms. The van der Waals surface area contributed by atoms with Crippen LogP contribution < -0.4 is 9.46 Å². The molecular formula is C24H19NO4S. The van der Waals surface area contributed by atoms with E-state index in [-0.39, 0.29) is 4.90 Å². The zero-order valence-corrected chi connectivity index (χ0v) is 16.8. The van der Waals surface area contributed by atoms with Crippen molar-refractivity contribution in [1.82, 2.24) is 4.72 Å². The molecule has 0 atom stereocenters. The Morgan fingerprint density at radius 2 is 1.43 bits per heavy atom. The van der Waals surface area contributed by atoms with E-state index in [1.807, 2.05) is 66.7 Å². The molecule has 4 aromatic rings. The van der Waals surface area contributed by atoms with Crippen molar-refractivity contribution in [1.29, 1.82) is 0 Å². The van der Waals surface area contributed by atoms with Crippen LogP contribution in [0, 0.1) is 0 Å². The molecule has 5 nitrogen and oxygen atoms in total. The summed E-state index contributed by atoms with van der Waals surface area (Å²) < 4.78 is 32.8. The van der Waals surface area contributed by atoms with Crippen LogP contribution in [0.4, 0.5) is 0 Å². The molecule has 0 radical (unpaired) electrons. The van der Waals surface area contributed by atoms with E-state index in [0.717, 1.165) is 21.9 Å². The van der Waals surface area contributed by atoms with E-state index >= 15 is 0 Å². The molecule has 0 unspecified atom stereocenters. The van der Waals surface area contributed by atoms with E-state index < -0.39 is 22.5 Å². The van der Waals surface area contributed by atoms with Gasteiger partial charge in [0.1, 0.15) is 5.75 Å². The summed E-state index contributed by atoms with van der Waals surface area (Å²) in [4.78, 5) is 12.2. The molecule has 150 valence electrons. The zero-order valence-electron chi connectivity index (χ0n) is 16.0. The second-order valence-electron chi connectivity index (χ2n) is 6.72. The molecule has 0 saturated heterocycles. The Morgan fingerprint density at radius 3 is 2.23 bits per heavy atom. The molecule has 0 aliphatic rings. The van der Waals surface area contributed by atoms with Crippen molar-refractivity contribution in [2.75, 3.05) is 6.61 Å². The number of fused-ring (bicyclic) bond motifs is 1. The minimum Gasteiger partial charge on any atom is -0.484 e. The third-order valence-corrected chi connectivity index (χ3v) is 5.96. The lowest BCUT2D eigenvalue weighted by atomic mass is 10.1. The van der Waals surface area contributed by atoms with Gasteiger partial charge in [-0.3, -0.25) is 4.79 Å². The summed E-state index contributed by atoms with van der Waals surface area (Å²) in [5.41, 5.74) is 1.64. The zero-order chi connectivity index (χ0) is 21.0. The van der Waals surface area contributed by atoms with Crippen molar-refractivity contribution < 1.29 is 17.9 Å². The van der Waals surface area contributed by atoms with Crippen LogP contribution in [-0.4, -0.2) is 20.9 Å². The van der Waals surface area contributed by atoms with Gasteiger partial charge in [-0.2, -0.15) is 0 Å². The van der Waals surface area contributed by atoms with Crippen LogP contribution in [0.15, 0.2) is 102 Å². The highest BCUT2D eigenvalue weighted by molar-refractivity contribution is 7.90. The molecule has 0 spiro atoms. The molecule has 0 fully saturated rings. The molecule has 0 aliphatic carbocycles. The molecule has 4 aromatic carbocycles. The number of benzene rings is 4. The molecule has 0 aliphatic heterocycles. The predicted octanol–water partition coefficient (Wildman–Crippen LogP) is 4.39. The first-order valence-electron chi connectivity index (χ1n) is 9.34. The van der Waals surface area contributed by atoms with Gasteiger partial charge in [0, 0.05) is 0 Å². The summed E-state index contributed by atoms with van der Waals surface area (Å²) in [7, 11) is -4.01. The molecule has 0 aromatic heterocycles. The van der Waals surface area contributed by atoms with E-state index in [4.69, 9.17) is 4.74 Å². The topological polar surface area (TPSA) is 72.5 Å². The van der Waals surface area contributed by atoms with Crippen LogP contribution in [0.25, 0.3) is 21.9 Å². The minimum absolute atomic E-state index is 0.0166.